The standard InChI is InChI=1S/C19H21N3OS/c1-15(21-13-16-3-9-19(10-4-16)24(2)23)17-5-7-18(8-6-17)22-12-11-20-14-22/h3-12,14-15,21H,13H2,1-2H3/t15-,24-/m0/s1. The zero-order valence-electron chi connectivity index (χ0n) is 13.8. The van der Waals surface area contributed by atoms with Crippen molar-refractivity contribution in [1.29, 1.82) is 0 Å². The van der Waals surface area contributed by atoms with Crippen LogP contribution in [-0.4, -0.2) is 20.0 Å². The van der Waals surface area contributed by atoms with Crippen molar-refractivity contribution in [1.82, 2.24) is 14.9 Å². The molecule has 124 valence electrons. The van der Waals surface area contributed by atoms with E-state index in [2.05, 4.69) is 41.5 Å². The molecule has 3 rings (SSSR count). The minimum Gasteiger partial charge on any atom is -0.306 e. The Morgan fingerprint density at radius 3 is 2.42 bits per heavy atom. The van der Waals surface area contributed by atoms with E-state index in [0.29, 0.717) is 0 Å². The molecule has 4 nitrogen and oxygen atoms in total. The molecule has 0 aliphatic rings. The molecule has 1 heterocycles. The summed E-state index contributed by atoms with van der Waals surface area (Å²) in [6, 6.07) is 16.6. The van der Waals surface area contributed by atoms with E-state index in [1.54, 1.807) is 18.8 Å². The van der Waals surface area contributed by atoms with Gasteiger partial charge in [0.05, 0.1) is 6.33 Å². The number of hydrogen-bond acceptors (Lipinski definition) is 3. The molecule has 0 spiro atoms. The number of imidazole rings is 1. The van der Waals surface area contributed by atoms with Crippen LogP contribution in [0.5, 0.6) is 0 Å². The van der Waals surface area contributed by atoms with Gasteiger partial charge in [0.1, 0.15) is 0 Å². The van der Waals surface area contributed by atoms with Crippen LogP contribution < -0.4 is 5.32 Å². The van der Waals surface area contributed by atoms with E-state index in [-0.39, 0.29) is 6.04 Å². The maximum Gasteiger partial charge on any atom is 0.0991 e. The van der Waals surface area contributed by atoms with Crippen molar-refractivity contribution >= 4 is 10.8 Å². The van der Waals surface area contributed by atoms with Gasteiger partial charge in [-0.1, -0.05) is 24.3 Å². The van der Waals surface area contributed by atoms with Gasteiger partial charge in [-0.2, -0.15) is 0 Å². The van der Waals surface area contributed by atoms with Crippen LogP contribution in [0, 0.1) is 0 Å². The van der Waals surface area contributed by atoms with Crippen molar-refractivity contribution in [2.24, 2.45) is 0 Å². The Balaban J connectivity index is 1.60. The summed E-state index contributed by atoms with van der Waals surface area (Å²) in [6.07, 6.45) is 7.20. The van der Waals surface area contributed by atoms with Crippen LogP contribution in [-0.2, 0) is 17.3 Å². The normalized spacial score (nSPS) is 13.6. The lowest BCUT2D eigenvalue weighted by Crippen LogP contribution is -2.18. The van der Waals surface area contributed by atoms with Crippen LogP contribution in [0.15, 0.2) is 72.1 Å². The molecule has 0 saturated carbocycles. The maximum absolute atomic E-state index is 11.4. The SMILES string of the molecule is C[C@H](NCc1ccc([S@](C)=O)cc1)c1ccc(-n2ccnc2)cc1. The molecule has 0 aliphatic heterocycles. The van der Waals surface area contributed by atoms with Crippen molar-refractivity contribution in [3.05, 3.63) is 78.4 Å². The first kappa shape index (κ1) is 16.6. The van der Waals surface area contributed by atoms with Gasteiger partial charge in [0.25, 0.3) is 0 Å². The molecule has 0 aliphatic carbocycles. The van der Waals surface area contributed by atoms with Crippen molar-refractivity contribution < 1.29 is 4.21 Å². The maximum atomic E-state index is 11.4. The smallest absolute Gasteiger partial charge is 0.0991 e. The highest BCUT2D eigenvalue weighted by molar-refractivity contribution is 7.84. The third kappa shape index (κ3) is 3.99. The molecule has 1 aromatic heterocycles. The number of rotatable bonds is 6. The summed E-state index contributed by atoms with van der Waals surface area (Å²) in [6.45, 7) is 2.93. The summed E-state index contributed by atoms with van der Waals surface area (Å²) in [7, 11) is -0.922. The fourth-order valence-corrected chi connectivity index (χ4v) is 3.05. The van der Waals surface area contributed by atoms with E-state index in [4.69, 9.17) is 0 Å². The van der Waals surface area contributed by atoms with Gasteiger partial charge in [0.2, 0.25) is 0 Å². The first-order valence-electron chi connectivity index (χ1n) is 7.87. The van der Waals surface area contributed by atoms with Gasteiger partial charge >= 0.3 is 0 Å². The van der Waals surface area contributed by atoms with Crippen molar-refractivity contribution in [3.8, 4) is 5.69 Å². The zero-order chi connectivity index (χ0) is 16.9. The van der Waals surface area contributed by atoms with E-state index >= 15 is 0 Å². The Labute approximate surface area is 145 Å². The van der Waals surface area contributed by atoms with Gasteiger partial charge < -0.3 is 9.88 Å². The van der Waals surface area contributed by atoms with Crippen LogP contribution in [0.25, 0.3) is 5.69 Å². The lowest BCUT2D eigenvalue weighted by Gasteiger charge is -2.15. The van der Waals surface area contributed by atoms with Crippen molar-refractivity contribution in [2.45, 2.75) is 24.4 Å². The summed E-state index contributed by atoms with van der Waals surface area (Å²) in [4.78, 5) is 4.93. The molecule has 2 aromatic carbocycles. The second-order valence-corrected chi connectivity index (χ2v) is 7.14. The molecule has 5 heteroatoms. The Morgan fingerprint density at radius 1 is 1.12 bits per heavy atom. The second-order valence-electron chi connectivity index (χ2n) is 5.76. The lowest BCUT2D eigenvalue weighted by molar-refractivity contribution is 0.574. The number of nitrogens with zero attached hydrogens (tertiary/aromatic N) is 2. The average Bonchev–Trinajstić information content (AvgIpc) is 3.15. The molecule has 0 radical (unpaired) electrons. The Morgan fingerprint density at radius 2 is 1.83 bits per heavy atom. The fourth-order valence-electron chi connectivity index (χ4n) is 2.53. The lowest BCUT2D eigenvalue weighted by atomic mass is 10.1. The van der Waals surface area contributed by atoms with E-state index in [0.717, 1.165) is 17.1 Å². The Kier molecular flexibility index (Phi) is 5.23. The highest BCUT2D eigenvalue weighted by Crippen LogP contribution is 2.16. The summed E-state index contributed by atoms with van der Waals surface area (Å²) in [5.41, 5.74) is 3.53. The summed E-state index contributed by atoms with van der Waals surface area (Å²) < 4.78 is 13.4. The minimum atomic E-state index is -0.922. The van der Waals surface area contributed by atoms with Crippen molar-refractivity contribution in [3.63, 3.8) is 0 Å². The number of aromatic nitrogens is 2. The topological polar surface area (TPSA) is 46.9 Å². The van der Waals surface area contributed by atoms with Crippen LogP contribution in [0.2, 0.25) is 0 Å². The first-order chi connectivity index (χ1) is 11.6. The highest BCUT2D eigenvalue weighted by Gasteiger charge is 2.06. The molecule has 1 N–H and O–H groups in total. The monoisotopic (exact) mass is 339 g/mol. The van der Waals surface area contributed by atoms with Gasteiger partial charge in [-0.3, -0.25) is 4.21 Å². The number of nitrogens with one attached hydrogen (secondary N) is 1. The van der Waals surface area contributed by atoms with E-state index in [1.807, 2.05) is 35.0 Å². The molecular formula is C19H21N3OS. The van der Waals surface area contributed by atoms with Gasteiger partial charge in [0.15, 0.2) is 0 Å². The van der Waals surface area contributed by atoms with E-state index < -0.39 is 10.8 Å². The van der Waals surface area contributed by atoms with Crippen LogP contribution >= 0.6 is 0 Å². The molecule has 2 atom stereocenters. The molecule has 0 fully saturated rings. The zero-order valence-corrected chi connectivity index (χ0v) is 14.7. The minimum absolute atomic E-state index is 0.252. The largest absolute Gasteiger partial charge is 0.306 e. The first-order valence-corrected chi connectivity index (χ1v) is 9.43. The molecule has 0 amide bonds. The Hall–Kier alpha value is -2.24. The van der Waals surface area contributed by atoms with Crippen LogP contribution in [0.4, 0.5) is 0 Å². The molecule has 24 heavy (non-hydrogen) atoms. The van der Waals surface area contributed by atoms with Gasteiger partial charge in [-0.25, -0.2) is 4.98 Å². The molecular weight excluding hydrogens is 318 g/mol. The van der Waals surface area contributed by atoms with Crippen molar-refractivity contribution in [2.75, 3.05) is 6.26 Å². The van der Waals surface area contributed by atoms with Gasteiger partial charge in [-0.15, -0.1) is 0 Å². The van der Waals surface area contributed by atoms with Crippen LogP contribution in [0.3, 0.4) is 0 Å². The molecule has 3 aromatic rings. The summed E-state index contributed by atoms with van der Waals surface area (Å²) in [5.74, 6) is 0. The quantitative estimate of drug-likeness (QED) is 0.748. The van der Waals surface area contributed by atoms with Gasteiger partial charge in [0, 0.05) is 52.6 Å². The fraction of sp³-hybridized carbons (Fsp3) is 0.211. The molecule has 0 unspecified atom stereocenters. The third-order valence-corrected chi connectivity index (χ3v) is 5.00. The number of benzene rings is 2. The van der Waals surface area contributed by atoms with Gasteiger partial charge in [-0.05, 0) is 42.3 Å². The third-order valence-electron chi connectivity index (χ3n) is 4.06. The highest BCUT2D eigenvalue weighted by atomic mass is 32.2. The second kappa shape index (κ2) is 7.55. The average molecular weight is 339 g/mol. The molecule has 0 bridgehead atoms. The predicted molar refractivity (Wildman–Crippen MR) is 97.6 cm³/mol. The van der Waals surface area contributed by atoms with E-state index in [1.165, 1.54) is 11.1 Å². The molecule has 0 saturated heterocycles. The summed E-state index contributed by atoms with van der Waals surface area (Å²) in [5, 5.41) is 3.52. The van der Waals surface area contributed by atoms with Crippen LogP contribution in [0.1, 0.15) is 24.1 Å². The van der Waals surface area contributed by atoms with E-state index in [9.17, 15) is 4.21 Å². The summed E-state index contributed by atoms with van der Waals surface area (Å²) >= 11 is 0. The Bertz CT molecular complexity index is 796. The number of hydrogen-bond donors (Lipinski definition) is 1. The predicted octanol–water partition coefficient (Wildman–Crippen LogP) is 3.46.